The summed E-state index contributed by atoms with van der Waals surface area (Å²) in [6.45, 7) is 0.889. The number of anilines is 1. The Kier molecular flexibility index (Phi) is 6.56. The third-order valence-corrected chi connectivity index (χ3v) is 5.57. The van der Waals surface area contributed by atoms with Gasteiger partial charge >= 0.3 is 6.18 Å². The molecule has 164 valence electrons. The average Bonchev–Trinajstić information content (AvgIpc) is 3.14. The Balaban J connectivity index is 1.53. The Labute approximate surface area is 176 Å². The minimum absolute atomic E-state index is 0.305. The highest BCUT2D eigenvalue weighted by Gasteiger charge is 2.57. The van der Waals surface area contributed by atoms with Crippen molar-refractivity contribution in [3.8, 4) is 0 Å². The molecule has 1 unspecified atom stereocenters. The van der Waals surface area contributed by atoms with E-state index >= 15 is 0 Å². The molecule has 1 amide bonds. The maximum Gasteiger partial charge on any atom is 0.424 e. The second-order valence-electron chi connectivity index (χ2n) is 7.36. The molecule has 0 bridgehead atoms. The molecular weight excluding hydrogens is 423 g/mol. The summed E-state index contributed by atoms with van der Waals surface area (Å²) in [5.41, 5.74) is -3.14. The number of nitrogens with zero attached hydrogens (tertiary/aromatic N) is 4. The van der Waals surface area contributed by atoms with Crippen molar-refractivity contribution >= 4 is 23.3 Å². The molecule has 0 aromatic carbocycles. The van der Waals surface area contributed by atoms with E-state index in [1.165, 1.54) is 19.4 Å². The van der Waals surface area contributed by atoms with Gasteiger partial charge in [-0.25, -0.2) is 9.97 Å². The Morgan fingerprint density at radius 1 is 1.30 bits per heavy atom. The number of hydrogen-bond donors (Lipinski definition) is 2. The van der Waals surface area contributed by atoms with E-state index in [1.54, 1.807) is 18.3 Å². The summed E-state index contributed by atoms with van der Waals surface area (Å²) in [5.74, 6) is -0.361. The molecule has 2 aromatic heterocycles. The van der Waals surface area contributed by atoms with Crippen LogP contribution in [0.4, 0.5) is 19.0 Å². The topological polar surface area (TPSA) is 83.3 Å². The molecule has 0 radical (unpaired) electrons. The first kappa shape index (κ1) is 22.4. The van der Waals surface area contributed by atoms with Crippen LogP contribution in [0.2, 0.25) is 5.02 Å². The quantitative estimate of drug-likeness (QED) is 0.714. The van der Waals surface area contributed by atoms with Gasteiger partial charge in [0.1, 0.15) is 11.6 Å². The van der Waals surface area contributed by atoms with E-state index in [9.17, 15) is 23.1 Å². The number of carbonyl (C=O) groups is 1. The standard InChI is InChI=1S/C19H23ClF3N5O2/c1-27-11-8-25-17(27)18(30,19(21,22)23)6-7-24-16(29)13-4-9-28(10-5-13)15-3-2-14(20)12-26-15/h2-3,8,11-13,30H,4-7,9-10H2,1H3,(H,24,29). The summed E-state index contributed by atoms with van der Waals surface area (Å²) in [6, 6.07) is 3.55. The zero-order valence-electron chi connectivity index (χ0n) is 16.4. The first-order chi connectivity index (χ1) is 14.1. The lowest BCUT2D eigenvalue weighted by atomic mass is 9.94. The van der Waals surface area contributed by atoms with Crippen LogP contribution in [0, 0.1) is 5.92 Å². The number of amides is 1. The van der Waals surface area contributed by atoms with Crippen LogP contribution in [0.15, 0.2) is 30.7 Å². The summed E-state index contributed by atoms with van der Waals surface area (Å²) in [4.78, 5) is 22.4. The molecule has 3 heterocycles. The number of carbonyl (C=O) groups excluding carboxylic acids is 1. The van der Waals surface area contributed by atoms with Gasteiger partial charge in [-0.15, -0.1) is 0 Å². The lowest BCUT2D eigenvalue weighted by Crippen LogP contribution is -2.47. The lowest BCUT2D eigenvalue weighted by Gasteiger charge is -2.33. The predicted molar refractivity (Wildman–Crippen MR) is 105 cm³/mol. The van der Waals surface area contributed by atoms with Crippen LogP contribution in [0.3, 0.4) is 0 Å². The van der Waals surface area contributed by atoms with Crippen molar-refractivity contribution in [1.29, 1.82) is 0 Å². The monoisotopic (exact) mass is 445 g/mol. The molecule has 30 heavy (non-hydrogen) atoms. The van der Waals surface area contributed by atoms with E-state index in [1.807, 2.05) is 4.90 Å². The van der Waals surface area contributed by atoms with E-state index in [-0.39, 0.29) is 18.4 Å². The highest BCUT2D eigenvalue weighted by Crippen LogP contribution is 2.40. The van der Waals surface area contributed by atoms with Gasteiger partial charge in [0, 0.05) is 57.6 Å². The number of hydrogen-bond acceptors (Lipinski definition) is 5. The third kappa shape index (κ3) is 4.70. The molecule has 1 atom stereocenters. The first-order valence-electron chi connectivity index (χ1n) is 9.53. The zero-order chi connectivity index (χ0) is 21.9. The highest BCUT2D eigenvalue weighted by atomic mass is 35.5. The molecule has 0 saturated carbocycles. The molecule has 1 aliphatic heterocycles. The summed E-state index contributed by atoms with van der Waals surface area (Å²) in [7, 11) is 1.38. The molecule has 1 fully saturated rings. The Morgan fingerprint density at radius 2 is 2.00 bits per heavy atom. The summed E-state index contributed by atoms with van der Waals surface area (Å²) < 4.78 is 41.7. The molecule has 2 aromatic rings. The van der Waals surface area contributed by atoms with Crippen molar-refractivity contribution in [2.45, 2.75) is 31.0 Å². The van der Waals surface area contributed by atoms with Gasteiger partial charge in [-0.1, -0.05) is 11.6 Å². The number of aliphatic hydroxyl groups is 1. The average molecular weight is 446 g/mol. The fourth-order valence-corrected chi connectivity index (χ4v) is 3.69. The van der Waals surface area contributed by atoms with E-state index < -0.39 is 24.0 Å². The smallest absolute Gasteiger partial charge is 0.374 e. The zero-order valence-corrected chi connectivity index (χ0v) is 17.1. The van der Waals surface area contributed by atoms with Crippen LogP contribution < -0.4 is 10.2 Å². The lowest BCUT2D eigenvalue weighted by molar-refractivity contribution is -0.272. The minimum Gasteiger partial charge on any atom is -0.374 e. The molecule has 1 aliphatic rings. The number of aromatic nitrogens is 3. The second kappa shape index (κ2) is 8.81. The molecule has 7 nitrogen and oxygen atoms in total. The number of rotatable bonds is 6. The second-order valence-corrected chi connectivity index (χ2v) is 7.79. The van der Waals surface area contributed by atoms with Crippen molar-refractivity contribution in [1.82, 2.24) is 19.9 Å². The van der Waals surface area contributed by atoms with Gasteiger partial charge in [0.25, 0.3) is 0 Å². The number of nitrogens with one attached hydrogen (secondary N) is 1. The largest absolute Gasteiger partial charge is 0.424 e. The van der Waals surface area contributed by atoms with Gasteiger partial charge in [0.15, 0.2) is 0 Å². The van der Waals surface area contributed by atoms with Crippen molar-refractivity contribution in [3.63, 3.8) is 0 Å². The van der Waals surface area contributed by atoms with Gasteiger partial charge in [-0.2, -0.15) is 13.2 Å². The molecule has 3 rings (SSSR count). The Morgan fingerprint density at radius 3 is 2.53 bits per heavy atom. The minimum atomic E-state index is -4.92. The maximum atomic E-state index is 13.5. The normalized spacial score (nSPS) is 17.6. The van der Waals surface area contributed by atoms with Gasteiger partial charge in [-0.3, -0.25) is 4.79 Å². The molecular formula is C19H23ClF3N5O2. The van der Waals surface area contributed by atoms with Crippen LogP contribution >= 0.6 is 11.6 Å². The van der Waals surface area contributed by atoms with Crippen LogP contribution in [0.1, 0.15) is 25.1 Å². The molecule has 2 N–H and O–H groups in total. The number of piperidine rings is 1. The summed E-state index contributed by atoms with van der Waals surface area (Å²) >= 11 is 5.84. The number of alkyl halides is 3. The number of halogens is 4. The molecule has 0 spiro atoms. The fourth-order valence-electron chi connectivity index (χ4n) is 3.58. The maximum absolute atomic E-state index is 13.5. The van der Waals surface area contributed by atoms with E-state index in [0.717, 1.165) is 10.4 Å². The van der Waals surface area contributed by atoms with Crippen molar-refractivity contribution in [2.75, 3.05) is 24.5 Å². The number of aryl methyl sites for hydroxylation is 1. The van der Waals surface area contributed by atoms with E-state index in [2.05, 4.69) is 15.3 Å². The molecule has 11 heteroatoms. The van der Waals surface area contributed by atoms with Crippen molar-refractivity contribution < 1.29 is 23.1 Å². The van der Waals surface area contributed by atoms with Gasteiger partial charge < -0.3 is 19.9 Å². The Bertz CT molecular complexity index is 866. The summed E-state index contributed by atoms with van der Waals surface area (Å²) in [5, 5.41) is 13.4. The predicted octanol–water partition coefficient (Wildman–Crippen LogP) is 2.64. The SMILES string of the molecule is Cn1ccnc1C(O)(CCNC(=O)C1CCN(c2ccc(Cl)cn2)CC1)C(F)(F)F. The highest BCUT2D eigenvalue weighted by molar-refractivity contribution is 6.30. The van der Waals surface area contributed by atoms with Crippen molar-refractivity contribution in [3.05, 3.63) is 41.6 Å². The van der Waals surface area contributed by atoms with Gasteiger partial charge in [-0.05, 0) is 25.0 Å². The first-order valence-corrected chi connectivity index (χ1v) is 9.91. The van der Waals surface area contributed by atoms with Crippen LogP contribution in [-0.4, -0.2) is 51.4 Å². The van der Waals surface area contributed by atoms with E-state index in [0.29, 0.717) is 31.0 Å². The van der Waals surface area contributed by atoms with Crippen LogP contribution in [0.5, 0.6) is 0 Å². The van der Waals surface area contributed by atoms with Crippen LogP contribution in [0.25, 0.3) is 0 Å². The third-order valence-electron chi connectivity index (χ3n) is 5.35. The Hall–Kier alpha value is -2.33. The number of imidazole rings is 1. The molecule has 1 saturated heterocycles. The van der Waals surface area contributed by atoms with Crippen molar-refractivity contribution in [2.24, 2.45) is 13.0 Å². The number of pyridine rings is 1. The van der Waals surface area contributed by atoms with Gasteiger partial charge in [0.2, 0.25) is 11.5 Å². The van der Waals surface area contributed by atoms with Gasteiger partial charge in [0.05, 0.1) is 5.02 Å². The van der Waals surface area contributed by atoms with E-state index in [4.69, 9.17) is 11.6 Å². The van der Waals surface area contributed by atoms with Crippen LogP contribution in [-0.2, 0) is 17.4 Å². The fraction of sp³-hybridized carbons (Fsp3) is 0.526. The summed E-state index contributed by atoms with van der Waals surface area (Å²) in [6.07, 6.45) is -0.465. The molecule has 0 aliphatic carbocycles.